The van der Waals surface area contributed by atoms with Crippen LogP contribution >= 0.6 is 0 Å². The molecular formula is C11H14N4. The number of aromatic nitrogens is 1. The predicted octanol–water partition coefficient (Wildman–Crippen LogP) is 1.52. The van der Waals surface area contributed by atoms with Gasteiger partial charge in [-0.3, -0.25) is 0 Å². The minimum absolute atomic E-state index is 0.495. The van der Waals surface area contributed by atoms with Crippen molar-refractivity contribution in [1.29, 1.82) is 5.26 Å². The lowest BCUT2D eigenvalue weighted by atomic mass is 9.92. The van der Waals surface area contributed by atoms with Gasteiger partial charge < -0.3 is 10.6 Å². The Balaban J connectivity index is 2.31. The Morgan fingerprint density at radius 3 is 2.87 bits per heavy atom. The average molecular weight is 202 g/mol. The van der Waals surface area contributed by atoms with Crippen molar-refractivity contribution >= 4 is 11.5 Å². The van der Waals surface area contributed by atoms with E-state index in [0.29, 0.717) is 17.3 Å². The second-order valence-electron chi connectivity index (χ2n) is 3.90. The molecule has 15 heavy (non-hydrogen) atoms. The molecule has 0 aromatic carbocycles. The van der Waals surface area contributed by atoms with E-state index in [1.165, 1.54) is 19.3 Å². The quantitative estimate of drug-likeness (QED) is 0.789. The molecule has 1 heterocycles. The van der Waals surface area contributed by atoms with Crippen molar-refractivity contribution in [3.8, 4) is 6.07 Å². The van der Waals surface area contributed by atoms with E-state index >= 15 is 0 Å². The minimum Gasteiger partial charge on any atom is -0.395 e. The van der Waals surface area contributed by atoms with Crippen LogP contribution in [0.4, 0.5) is 11.5 Å². The van der Waals surface area contributed by atoms with Gasteiger partial charge in [-0.2, -0.15) is 5.26 Å². The molecule has 0 unspecified atom stereocenters. The summed E-state index contributed by atoms with van der Waals surface area (Å²) < 4.78 is 0. The summed E-state index contributed by atoms with van der Waals surface area (Å²) in [5.74, 6) is 0.735. The van der Waals surface area contributed by atoms with Crippen LogP contribution in [0.3, 0.4) is 0 Å². The Morgan fingerprint density at radius 1 is 1.60 bits per heavy atom. The molecule has 2 rings (SSSR count). The molecule has 1 aliphatic carbocycles. The van der Waals surface area contributed by atoms with Gasteiger partial charge in [0.2, 0.25) is 0 Å². The molecule has 1 fully saturated rings. The molecule has 4 heteroatoms. The van der Waals surface area contributed by atoms with Crippen LogP contribution in [0, 0.1) is 11.3 Å². The zero-order chi connectivity index (χ0) is 10.8. The molecule has 0 atom stereocenters. The lowest BCUT2D eigenvalue weighted by Crippen LogP contribution is -2.38. The van der Waals surface area contributed by atoms with E-state index in [0.717, 1.165) is 5.82 Å². The summed E-state index contributed by atoms with van der Waals surface area (Å²) in [5.41, 5.74) is 6.89. The molecule has 0 spiro atoms. The van der Waals surface area contributed by atoms with E-state index < -0.39 is 0 Å². The Kier molecular flexibility index (Phi) is 2.46. The first-order chi connectivity index (χ1) is 7.24. The Labute approximate surface area is 89.3 Å². The fraction of sp³-hybridized carbons (Fsp3) is 0.455. The highest BCUT2D eigenvalue weighted by Crippen LogP contribution is 2.31. The lowest BCUT2D eigenvalue weighted by Gasteiger charge is -2.36. The van der Waals surface area contributed by atoms with Gasteiger partial charge in [-0.25, -0.2) is 4.98 Å². The standard InChI is InChI=1S/C11H14N4/c1-15(9-3-2-4-9)11-10(13)8(7-12)5-6-14-11/h5-6,9H,2-4,13H2,1H3. The summed E-state index contributed by atoms with van der Waals surface area (Å²) in [7, 11) is 1.99. The van der Waals surface area contributed by atoms with Crippen LogP contribution in [0.2, 0.25) is 0 Å². The van der Waals surface area contributed by atoms with Gasteiger partial charge >= 0.3 is 0 Å². The van der Waals surface area contributed by atoms with Crippen molar-refractivity contribution in [1.82, 2.24) is 4.98 Å². The summed E-state index contributed by atoms with van der Waals surface area (Å²) >= 11 is 0. The highest BCUT2D eigenvalue weighted by Gasteiger charge is 2.24. The van der Waals surface area contributed by atoms with E-state index in [1.807, 2.05) is 7.05 Å². The number of nitrogens with zero attached hydrogens (tertiary/aromatic N) is 3. The Morgan fingerprint density at radius 2 is 2.33 bits per heavy atom. The van der Waals surface area contributed by atoms with Crippen molar-refractivity contribution in [2.24, 2.45) is 0 Å². The molecule has 0 amide bonds. The lowest BCUT2D eigenvalue weighted by molar-refractivity contribution is 0.399. The summed E-state index contributed by atoms with van der Waals surface area (Å²) in [6.45, 7) is 0. The molecule has 2 N–H and O–H groups in total. The fourth-order valence-electron chi connectivity index (χ4n) is 1.79. The second-order valence-corrected chi connectivity index (χ2v) is 3.90. The zero-order valence-electron chi connectivity index (χ0n) is 8.77. The number of anilines is 2. The van der Waals surface area contributed by atoms with Crippen LogP contribution in [0.1, 0.15) is 24.8 Å². The van der Waals surface area contributed by atoms with Crippen molar-refractivity contribution in [2.45, 2.75) is 25.3 Å². The van der Waals surface area contributed by atoms with Crippen LogP contribution in [-0.2, 0) is 0 Å². The molecule has 1 saturated carbocycles. The largest absolute Gasteiger partial charge is 0.395 e. The third-order valence-electron chi connectivity index (χ3n) is 3.05. The van der Waals surface area contributed by atoms with Gasteiger partial charge in [0.15, 0.2) is 5.82 Å². The van der Waals surface area contributed by atoms with Gasteiger partial charge in [-0.15, -0.1) is 0 Å². The fourth-order valence-corrected chi connectivity index (χ4v) is 1.79. The maximum atomic E-state index is 8.86. The van der Waals surface area contributed by atoms with Crippen LogP contribution < -0.4 is 10.6 Å². The maximum absolute atomic E-state index is 8.86. The third kappa shape index (κ3) is 1.61. The summed E-state index contributed by atoms with van der Waals surface area (Å²) in [5, 5.41) is 8.86. The number of hydrogen-bond donors (Lipinski definition) is 1. The van der Waals surface area contributed by atoms with E-state index in [2.05, 4.69) is 16.0 Å². The molecular weight excluding hydrogens is 188 g/mol. The molecule has 78 valence electrons. The van der Waals surface area contributed by atoms with Crippen molar-refractivity contribution in [3.63, 3.8) is 0 Å². The Hall–Kier alpha value is -1.76. The van der Waals surface area contributed by atoms with E-state index in [1.54, 1.807) is 12.3 Å². The van der Waals surface area contributed by atoms with E-state index in [9.17, 15) is 0 Å². The average Bonchev–Trinajstić information content (AvgIpc) is 2.15. The molecule has 0 aliphatic heterocycles. The van der Waals surface area contributed by atoms with Crippen LogP contribution in [0.25, 0.3) is 0 Å². The monoisotopic (exact) mass is 202 g/mol. The Bertz CT molecular complexity index is 404. The summed E-state index contributed by atoms with van der Waals surface area (Å²) in [4.78, 5) is 6.32. The number of rotatable bonds is 2. The van der Waals surface area contributed by atoms with Gasteiger partial charge in [0.25, 0.3) is 0 Å². The van der Waals surface area contributed by atoms with Crippen molar-refractivity contribution < 1.29 is 0 Å². The number of nitrogens with two attached hydrogens (primary N) is 1. The summed E-state index contributed by atoms with van der Waals surface area (Å²) in [6.07, 6.45) is 5.29. The molecule has 0 saturated heterocycles. The second kappa shape index (κ2) is 3.77. The van der Waals surface area contributed by atoms with Gasteiger partial charge in [-0.1, -0.05) is 0 Å². The van der Waals surface area contributed by atoms with Crippen LogP contribution in [0.5, 0.6) is 0 Å². The molecule has 4 nitrogen and oxygen atoms in total. The number of nitrogen functional groups attached to an aromatic ring is 1. The van der Waals surface area contributed by atoms with Crippen LogP contribution in [-0.4, -0.2) is 18.1 Å². The topological polar surface area (TPSA) is 65.9 Å². The van der Waals surface area contributed by atoms with Gasteiger partial charge in [0.1, 0.15) is 6.07 Å². The molecule has 1 aromatic heterocycles. The smallest absolute Gasteiger partial charge is 0.153 e. The maximum Gasteiger partial charge on any atom is 0.153 e. The molecule has 0 bridgehead atoms. The van der Waals surface area contributed by atoms with Crippen LogP contribution in [0.15, 0.2) is 12.3 Å². The molecule has 1 aromatic rings. The van der Waals surface area contributed by atoms with Gasteiger partial charge in [0, 0.05) is 19.3 Å². The van der Waals surface area contributed by atoms with E-state index in [4.69, 9.17) is 11.0 Å². The number of pyridine rings is 1. The predicted molar refractivity (Wildman–Crippen MR) is 59.4 cm³/mol. The van der Waals surface area contributed by atoms with Crippen molar-refractivity contribution in [2.75, 3.05) is 17.7 Å². The highest BCUT2D eigenvalue weighted by molar-refractivity contribution is 5.70. The summed E-state index contributed by atoms with van der Waals surface area (Å²) in [6, 6.07) is 4.26. The SMILES string of the molecule is CN(c1nccc(C#N)c1N)C1CCC1. The zero-order valence-corrected chi connectivity index (χ0v) is 8.77. The number of nitriles is 1. The van der Waals surface area contributed by atoms with E-state index in [-0.39, 0.29) is 0 Å². The van der Waals surface area contributed by atoms with Gasteiger partial charge in [-0.05, 0) is 25.3 Å². The minimum atomic E-state index is 0.495. The first-order valence-electron chi connectivity index (χ1n) is 5.11. The van der Waals surface area contributed by atoms with Gasteiger partial charge in [0.05, 0.1) is 11.3 Å². The first-order valence-corrected chi connectivity index (χ1v) is 5.11. The van der Waals surface area contributed by atoms with Crippen molar-refractivity contribution in [3.05, 3.63) is 17.8 Å². The molecule has 0 radical (unpaired) electrons. The highest BCUT2D eigenvalue weighted by atomic mass is 15.2. The first kappa shape index (κ1) is 9.78. The third-order valence-corrected chi connectivity index (χ3v) is 3.05. The normalized spacial score (nSPS) is 15.5. The number of hydrogen-bond acceptors (Lipinski definition) is 4. The molecule has 1 aliphatic rings.